The highest BCUT2D eigenvalue weighted by atomic mass is 35.5. The number of carbonyl (C=O) groups is 5. The Morgan fingerprint density at radius 3 is 2.26 bits per heavy atom. The van der Waals surface area contributed by atoms with Crippen molar-refractivity contribution in [3.63, 3.8) is 0 Å². The largest absolute Gasteiger partial charge is 0.508 e. The number of imide groups is 2. The highest BCUT2D eigenvalue weighted by molar-refractivity contribution is 6.30. The summed E-state index contributed by atoms with van der Waals surface area (Å²) < 4.78 is 19.2. The lowest BCUT2D eigenvalue weighted by molar-refractivity contribution is -0.138. The van der Waals surface area contributed by atoms with Gasteiger partial charge in [0.25, 0.3) is 11.8 Å². The Hall–Kier alpha value is -6.21. The number of phenolic OH excluding ortho intramolecular Hbond substituents is 1. The lowest BCUT2D eigenvalue weighted by atomic mass is 9.49. The second kappa shape index (κ2) is 12.7. The summed E-state index contributed by atoms with van der Waals surface area (Å²) in [4.78, 5) is 71.0. The van der Waals surface area contributed by atoms with Gasteiger partial charge >= 0.3 is 5.97 Å². The number of benzene rings is 4. The molecule has 12 nitrogen and oxygen atoms in total. The van der Waals surface area contributed by atoms with Gasteiger partial charge in [0.1, 0.15) is 28.6 Å². The van der Waals surface area contributed by atoms with E-state index in [2.05, 4.69) is 5.43 Å². The van der Waals surface area contributed by atoms with Gasteiger partial charge in [-0.1, -0.05) is 41.4 Å². The third-order valence-corrected chi connectivity index (χ3v) is 11.5. The first-order valence-corrected chi connectivity index (χ1v) is 17.4. The number of carboxylic acid groups (broad SMARTS) is 1. The summed E-state index contributed by atoms with van der Waals surface area (Å²) in [5.41, 5.74) is 2.26. The van der Waals surface area contributed by atoms with E-state index in [9.17, 15) is 38.9 Å². The number of allylic oxidation sites excluding steroid dienone is 2. The number of anilines is 2. The molecule has 1 saturated carbocycles. The van der Waals surface area contributed by atoms with Gasteiger partial charge in [-0.2, -0.15) is 5.01 Å². The number of aromatic carboxylic acids is 1. The topological polar surface area (TPSA) is 174 Å². The monoisotopic (exact) mass is 751 g/mol. The van der Waals surface area contributed by atoms with E-state index >= 15 is 4.79 Å². The summed E-state index contributed by atoms with van der Waals surface area (Å²) in [5, 5.41) is 32.8. The van der Waals surface area contributed by atoms with Crippen molar-refractivity contribution >= 4 is 52.6 Å². The number of carbonyl (C=O) groups excluding carboxylic acids is 4. The van der Waals surface area contributed by atoms with Crippen LogP contribution in [-0.2, 0) is 24.6 Å². The number of fused-ring (bicyclic) bond motifs is 4. The van der Waals surface area contributed by atoms with Crippen LogP contribution in [-0.4, -0.2) is 57.0 Å². The van der Waals surface area contributed by atoms with Gasteiger partial charge in [0.2, 0.25) is 11.8 Å². The number of hydrazine groups is 1. The standard InChI is InChI=1S/C40H31ClFN3O9/c1-54-24-11-13-26(32(47)17-24)34-25-14-15-28-33(37(50)44(35(28)48)23-10-12-27(38(51)52)31(46)16-23)29(25)18-30-36(49)45(43-22-8-6-21(42)7-9-22)39(53)40(30,34)19-2-4-20(41)5-3-19/h2-14,16-17,28-30,33-34,43,46-47H,15,18H2,1H3,(H,51,52)/t28-,29+,30-,33-,34+,40+/m0/s1. The predicted molar refractivity (Wildman–Crippen MR) is 191 cm³/mol. The number of nitrogens with one attached hydrogen (secondary N) is 1. The van der Waals surface area contributed by atoms with Crippen molar-refractivity contribution in [2.24, 2.45) is 23.7 Å². The molecule has 4 amide bonds. The molecular weight excluding hydrogens is 721 g/mol. The molecule has 274 valence electrons. The molecule has 2 heterocycles. The minimum atomic E-state index is -1.71. The van der Waals surface area contributed by atoms with Gasteiger partial charge in [-0.25, -0.2) is 14.1 Å². The molecule has 54 heavy (non-hydrogen) atoms. The van der Waals surface area contributed by atoms with Gasteiger partial charge in [-0.05, 0) is 78.9 Å². The van der Waals surface area contributed by atoms with Crippen molar-refractivity contribution in [2.75, 3.05) is 17.4 Å². The molecule has 4 N–H and O–H groups in total. The Bertz CT molecular complexity index is 2310. The van der Waals surface area contributed by atoms with Gasteiger partial charge < -0.3 is 20.1 Å². The Kier molecular flexibility index (Phi) is 8.22. The fourth-order valence-corrected chi connectivity index (χ4v) is 9.11. The SMILES string of the molecule is COc1ccc([C@H]2C3=CC[C@@H]4C(=O)N(c5ccc(C(=O)O)c(O)c5)C(=O)[C@@H]4[C@@H]3C[C@H]3C(=O)N(Nc4ccc(F)cc4)C(=O)[C@@]23c2ccc(Cl)cc2)c(O)c1. The number of hydrogen-bond donors (Lipinski definition) is 4. The summed E-state index contributed by atoms with van der Waals surface area (Å²) in [5.74, 6) is -9.78. The molecule has 0 bridgehead atoms. The molecule has 6 atom stereocenters. The van der Waals surface area contributed by atoms with E-state index in [1.807, 2.05) is 6.08 Å². The molecule has 2 aliphatic carbocycles. The fourth-order valence-electron chi connectivity index (χ4n) is 8.99. The zero-order valence-electron chi connectivity index (χ0n) is 28.4. The molecule has 8 rings (SSSR count). The second-order valence-corrected chi connectivity index (χ2v) is 14.3. The van der Waals surface area contributed by atoms with E-state index in [-0.39, 0.29) is 35.5 Å². The highest BCUT2D eigenvalue weighted by Crippen LogP contribution is 2.65. The number of nitrogens with zero attached hydrogens (tertiary/aromatic N) is 2. The predicted octanol–water partition coefficient (Wildman–Crippen LogP) is 5.79. The number of methoxy groups -OCH3 is 1. The summed E-state index contributed by atoms with van der Waals surface area (Å²) in [6, 6.07) is 19.7. The molecule has 0 radical (unpaired) electrons. The molecule has 14 heteroatoms. The molecule has 4 aliphatic rings. The van der Waals surface area contributed by atoms with E-state index in [0.717, 1.165) is 22.0 Å². The smallest absolute Gasteiger partial charge is 0.339 e. The number of aromatic hydroxyl groups is 2. The van der Waals surface area contributed by atoms with Gasteiger partial charge in [0.15, 0.2) is 0 Å². The number of hydrogen-bond acceptors (Lipinski definition) is 9. The zero-order valence-corrected chi connectivity index (χ0v) is 29.2. The molecule has 3 fully saturated rings. The van der Waals surface area contributed by atoms with E-state index in [4.69, 9.17) is 16.3 Å². The zero-order chi connectivity index (χ0) is 38.2. The lowest BCUT2D eigenvalue weighted by Gasteiger charge is -2.50. The highest BCUT2D eigenvalue weighted by Gasteiger charge is 2.70. The molecule has 0 aromatic heterocycles. The molecule has 2 saturated heterocycles. The number of phenols is 2. The Labute approximate surface area is 312 Å². The molecule has 0 spiro atoms. The molecular formula is C40H31ClFN3O9. The number of amides is 4. The van der Waals surface area contributed by atoms with Crippen molar-refractivity contribution in [1.29, 1.82) is 0 Å². The van der Waals surface area contributed by atoms with Crippen LogP contribution in [0.4, 0.5) is 15.8 Å². The van der Waals surface area contributed by atoms with Crippen molar-refractivity contribution in [3.05, 3.63) is 124 Å². The molecule has 4 aromatic rings. The Balaban J connectivity index is 1.31. The van der Waals surface area contributed by atoms with Crippen molar-refractivity contribution in [3.8, 4) is 17.2 Å². The number of ether oxygens (including phenoxy) is 1. The maximum atomic E-state index is 15.2. The molecule has 2 aliphatic heterocycles. The van der Waals surface area contributed by atoms with Crippen LogP contribution in [0.2, 0.25) is 5.02 Å². The third-order valence-electron chi connectivity index (χ3n) is 11.3. The quantitative estimate of drug-likeness (QED) is 0.134. The molecule has 4 aromatic carbocycles. The van der Waals surface area contributed by atoms with Gasteiger partial charge in [-0.3, -0.25) is 24.6 Å². The van der Waals surface area contributed by atoms with Crippen LogP contribution in [0.3, 0.4) is 0 Å². The van der Waals surface area contributed by atoms with Crippen LogP contribution >= 0.6 is 11.6 Å². The maximum absolute atomic E-state index is 15.2. The lowest BCUT2D eigenvalue weighted by Crippen LogP contribution is -2.53. The summed E-state index contributed by atoms with van der Waals surface area (Å²) >= 11 is 6.33. The van der Waals surface area contributed by atoms with E-state index < -0.39 is 81.7 Å². The van der Waals surface area contributed by atoms with E-state index in [1.165, 1.54) is 43.5 Å². The second-order valence-electron chi connectivity index (χ2n) is 13.8. The summed E-state index contributed by atoms with van der Waals surface area (Å²) in [6.45, 7) is 0. The van der Waals surface area contributed by atoms with Crippen LogP contribution in [0.5, 0.6) is 17.2 Å². The maximum Gasteiger partial charge on any atom is 0.339 e. The van der Waals surface area contributed by atoms with Gasteiger partial charge in [0, 0.05) is 28.6 Å². The molecule has 0 unspecified atom stereocenters. The van der Waals surface area contributed by atoms with Gasteiger partial charge in [0.05, 0.1) is 41.7 Å². The third kappa shape index (κ3) is 5.06. The Morgan fingerprint density at radius 1 is 0.889 bits per heavy atom. The van der Waals surface area contributed by atoms with Crippen LogP contribution < -0.4 is 15.1 Å². The normalized spacial score (nSPS) is 25.9. The minimum Gasteiger partial charge on any atom is -0.508 e. The first-order valence-electron chi connectivity index (χ1n) is 17.0. The minimum absolute atomic E-state index is 0.0130. The van der Waals surface area contributed by atoms with E-state index in [1.54, 1.807) is 36.4 Å². The van der Waals surface area contributed by atoms with Crippen molar-refractivity contribution in [1.82, 2.24) is 5.01 Å². The van der Waals surface area contributed by atoms with Crippen LogP contribution in [0.25, 0.3) is 0 Å². The number of rotatable bonds is 7. The first kappa shape index (κ1) is 34.9. The van der Waals surface area contributed by atoms with Crippen molar-refractivity contribution in [2.45, 2.75) is 24.2 Å². The number of halogens is 2. The summed E-state index contributed by atoms with van der Waals surface area (Å²) in [7, 11) is 1.43. The fraction of sp³-hybridized carbons (Fsp3) is 0.225. The van der Waals surface area contributed by atoms with Crippen molar-refractivity contribution < 1.29 is 48.4 Å². The first-order chi connectivity index (χ1) is 25.9. The average molecular weight is 752 g/mol. The van der Waals surface area contributed by atoms with Crippen LogP contribution in [0.15, 0.2) is 96.6 Å². The van der Waals surface area contributed by atoms with Gasteiger partial charge in [-0.15, -0.1) is 0 Å². The van der Waals surface area contributed by atoms with Crippen LogP contribution in [0.1, 0.15) is 40.2 Å². The Morgan fingerprint density at radius 2 is 1.61 bits per heavy atom. The average Bonchev–Trinajstić information content (AvgIpc) is 3.53. The van der Waals surface area contributed by atoms with E-state index in [0.29, 0.717) is 21.9 Å². The summed E-state index contributed by atoms with van der Waals surface area (Å²) in [6.07, 6.45) is 1.83. The van der Waals surface area contributed by atoms with Crippen LogP contribution in [0, 0.1) is 29.5 Å². The number of carboxylic acids is 1.